The van der Waals surface area contributed by atoms with Crippen LogP contribution < -0.4 is 9.47 Å². The van der Waals surface area contributed by atoms with Crippen LogP contribution in [0.2, 0.25) is 0 Å². The van der Waals surface area contributed by atoms with Crippen molar-refractivity contribution in [2.45, 2.75) is 32.4 Å². The van der Waals surface area contributed by atoms with E-state index in [0.29, 0.717) is 17.1 Å². The van der Waals surface area contributed by atoms with E-state index in [1.807, 2.05) is 21.7 Å². The average molecular weight is 313 g/mol. The van der Waals surface area contributed by atoms with Crippen molar-refractivity contribution in [2.75, 3.05) is 13.3 Å². The average Bonchev–Trinajstić information content (AvgIpc) is 3.30. The van der Waals surface area contributed by atoms with Gasteiger partial charge >= 0.3 is 0 Å². The fourth-order valence-electron chi connectivity index (χ4n) is 3.40. The van der Waals surface area contributed by atoms with Crippen LogP contribution in [0.15, 0.2) is 30.5 Å². The van der Waals surface area contributed by atoms with Gasteiger partial charge in [-0.3, -0.25) is 9.48 Å². The van der Waals surface area contributed by atoms with E-state index in [-0.39, 0.29) is 18.7 Å². The molecule has 0 spiro atoms. The molecule has 0 N–H and O–H groups in total. The second-order valence-electron chi connectivity index (χ2n) is 5.80. The molecule has 1 atom stereocenters. The molecular formula is C17H19N3O3. The highest BCUT2D eigenvalue weighted by Gasteiger charge is 2.33. The van der Waals surface area contributed by atoms with Crippen LogP contribution in [0, 0.1) is 0 Å². The van der Waals surface area contributed by atoms with Crippen molar-refractivity contribution in [2.24, 2.45) is 0 Å². The van der Waals surface area contributed by atoms with E-state index in [1.54, 1.807) is 18.3 Å². The molecule has 6 nitrogen and oxygen atoms in total. The third kappa shape index (κ3) is 2.34. The Morgan fingerprint density at radius 1 is 1.30 bits per heavy atom. The first-order chi connectivity index (χ1) is 11.3. The summed E-state index contributed by atoms with van der Waals surface area (Å²) < 4.78 is 12.7. The number of carbonyl (C=O) groups is 1. The second kappa shape index (κ2) is 5.61. The summed E-state index contributed by atoms with van der Waals surface area (Å²) in [5.74, 6) is 1.38. The Balaban J connectivity index is 1.62. The van der Waals surface area contributed by atoms with Crippen LogP contribution in [0.3, 0.4) is 0 Å². The van der Waals surface area contributed by atoms with Gasteiger partial charge in [0, 0.05) is 24.8 Å². The number of nitrogens with zero attached hydrogens (tertiary/aromatic N) is 3. The SMILES string of the molecule is CCn1nccc1[C@@H]1CCCN1C(=O)c1ccc2c(c1)OCO2. The Morgan fingerprint density at radius 2 is 2.17 bits per heavy atom. The zero-order valence-corrected chi connectivity index (χ0v) is 13.1. The number of rotatable bonds is 3. The minimum atomic E-state index is 0.0367. The highest BCUT2D eigenvalue weighted by atomic mass is 16.7. The molecule has 0 unspecified atom stereocenters. The van der Waals surface area contributed by atoms with Gasteiger partial charge in [0.1, 0.15) is 0 Å². The van der Waals surface area contributed by atoms with E-state index < -0.39 is 0 Å². The monoisotopic (exact) mass is 313 g/mol. The lowest BCUT2D eigenvalue weighted by molar-refractivity contribution is 0.0729. The number of hydrogen-bond donors (Lipinski definition) is 0. The smallest absolute Gasteiger partial charge is 0.254 e. The fraction of sp³-hybridized carbons (Fsp3) is 0.412. The first-order valence-electron chi connectivity index (χ1n) is 8.00. The van der Waals surface area contributed by atoms with Gasteiger partial charge in [-0.15, -0.1) is 0 Å². The molecule has 6 heteroatoms. The molecule has 2 aliphatic heterocycles. The molecule has 0 saturated carbocycles. The molecule has 2 aliphatic rings. The van der Waals surface area contributed by atoms with E-state index in [1.165, 1.54) is 0 Å². The van der Waals surface area contributed by atoms with E-state index in [2.05, 4.69) is 12.0 Å². The van der Waals surface area contributed by atoms with Gasteiger partial charge < -0.3 is 14.4 Å². The van der Waals surface area contributed by atoms with E-state index in [4.69, 9.17) is 9.47 Å². The van der Waals surface area contributed by atoms with Gasteiger partial charge in [-0.2, -0.15) is 5.10 Å². The molecule has 1 fully saturated rings. The number of fused-ring (bicyclic) bond motifs is 1. The Bertz CT molecular complexity index is 740. The quantitative estimate of drug-likeness (QED) is 0.874. The van der Waals surface area contributed by atoms with Crippen LogP contribution in [0.1, 0.15) is 41.9 Å². The molecule has 1 aromatic carbocycles. The van der Waals surface area contributed by atoms with Crippen LogP contribution in [-0.2, 0) is 6.54 Å². The van der Waals surface area contributed by atoms with E-state index in [0.717, 1.165) is 31.6 Å². The standard InChI is InChI=1S/C17H19N3O3/c1-2-20-14(7-8-18-20)13-4-3-9-19(13)17(21)12-5-6-15-16(10-12)23-11-22-15/h5-8,10,13H,2-4,9,11H2,1H3/t13-/m0/s1. The molecular weight excluding hydrogens is 294 g/mol. The first-order valence-corrected chi connectivity index (χ1v) is 8.00. The summed E-state index contributed by atoms with van der Waals surface area (Å²) in [6.07, 6.45) is 3.79. The van der Waals surface area contributed by atoms with Crippen molar-refractivity contribution in [3.8, 4) is 11.5 Å². The zero-order chi connectivity index (χ0) is 15.8. The molecule has 1 amide bonds. The predicted molar refractivity (Wildman–Crippen MR) is 83.5 cm³/mol. The van der Waals surface area contributed by atoms with Crippen molar-refractivity contribution in [3.63, 3.8) is 0 Å². The number of aryl methyl sites for hydroxylation is 1. The van der Waals surface area contributed by atoms with Crippen molar-refractivity contribution in [1.82, 2.24) is 14.7 Å². The summed E-state index contributed by atoms with van der Waals surface area (Å²) >= 11 is 0. The number of benzene rings is 1. The Morgan fingerprint density at radius 3 is 3.04 bits per heavy atom. The minimum Gasteiger partial charge on any atom is -0.454 e. The molecule has 0 radical (unpaired) electrons. The topological polar surface area (TPSA) is 56.6 Å². The number of likely N-dealkylation sites (tertiary alicyclic amines) is 1. The normalized spacial score (nSPS) is 19.3. The van der Waals surface area contributed by atoms with Gasteiger partial charge in [-0.1, -0.05) is 0 Å². The number of hydrogen-bond acceptors (Lipinski definition) is 4. The zero-order valence-electron chi connectivity index (χ0n) is 13.1. The van der Waals surface area contributed by atoms with Crippen LogP contribution in [-0.4, -0.2) is 33.9 Å². The van der Waals surface area contributed by atoms with Crippen molar-refractivity contribution < 1.29 is 14.3 Å². The third-order valence-electron chi connectivity index (χ3n) is 4.52. The Labute approximate surface area is 134 Å². The summed E-state index contributed by atoms with van der Waals surface area (Å²) in [6.45, 7) is 3.86. The molecule has 2 aromatic rings. The first kappa shape index (κ1) is 14.1. The molecule has 4 rings (SSSR count). The predicted octanol–water partition coefficient (Wildman–Crippen LogP) is 2.61. The van der Waals surface area contributed by atoms with Gasteiger partial charge in [0.2, 0.25) is 6.79 Å². The molecule has 1 saturated heterocycles. The Hall–Kier alpha value is -2.50. The molecule has 120 valence electrons. The van der Waals surface area contributed by atoms with Crippen molar-refractivity contribution in [1.29, 1.82) is 0 Å². The highest BCUT2D eigenvalue weighted by molar-refractivity contribution is 5.95. The van der Waals surface area contributed by atoms with Gasteiger partial charge in [0.15, 0.2) is 11.5 Å². The number of amides is 1. The van der Waals surface area contributed by atoms with Crippen LogP contribution in [0.25, 0.3) is 0 Å². The van der Waals surface area contributed by atoms with Crippen molar-refractivity contribution in [3.05, 3.63) is 41.7 Å². The lowest BCUT2D eigenvalue weighted by Gasteiger charge is -2.25. The van der Waals surface area contributed by atoms with Crippen molar-refractivity contribution >= 4 is 5.91 Å². The molecule has 3 heterocycles. The van der Waals surface area contributed by atoms with Gasteiger partial charge in [0.25, 0.3) is 5.91 Å². The van der Waals surface area contributed by atoms with Gasteiger partial charge in [0.05, 0.1) is 11.7 Å². The van der Waals surface area contributed by atoms with E-state index >= 15 is 0 Å². The molecule has 23 heavy (non-hydrogen) atoms. The highest BCUT2D eigenvalue weighted by Crippen LogP contribution is 2.36. The fourth-order valence-corrected chi connectivity index (χ4v) is 3.40. The maximum Gasteiger partial charge on any atom is 0.254 e. The number of aromatic nitrogens is 2. The summed E-state index contributed by atoms with van der Waals surface area (Å²) in [5, 5.41) is 4.34. The Kier molecular flexibility index (Phi) is 3.44. The number of ether oxygens (including phenoxy) is 2. The third-order valence-corrected chi connectivity index (χ3v) is 4.52. The lowest BCUT2D eigenvalue weighted by Crippen LogP contribution is -2.31. The second-order valence-corrected chi connectivity index (χ2v) is 5.80. The largest absolute Gasteiger partial charge is 0.454 e. The van der Waals surface area contributed by atoms with Crippen LogP contribution in [0.5, 0.6) is 11.5 Å². The van der Waals surface area contributed by atoms with E-state index in [9.17, 15) is 4.79 Å². The lowest BCUT2D eigenvalue weighted by atomic mass is 10.1. The molecule has 0 aliphatic carbocycles. The van der Waals surface area contributed by atoms with Gasteiger partial charge in [-0.05, 0) is 44.0 Å². The van der Waals surface area contributed by atoms with Crippen LogP contribution in [0.4, 0.5) is 0 Å². The summed E-state index contributed by atoms with van der Waals surface area (Å²) in [7, 11) is 0. The molecule has 1 aromatic heterocycles. The van der Waals surface area contributed by atoms with Gasteiger partial charge in [-0.25, -0.2) is 0 Å². The maximum atomic E-state index is 13.0. The number of carbonyl (C=O) groups excluding carboxylic acids is 1. The maximum absolute atomic E-state index is 13.0. The summed E-state index contributed by atoms with van der Waals surface area (Å²) in [5.41, 5.74) is 1.75. The summed E-state index contributed by atoms with van der Waals surface area (Å²) in [4.78, 5) is 14.9. The molecule has 0 bridgehead atoms. The summed E-state index contributed by atoms with van der Waals surface area (Å²) in [6, 6.07) is 7.49. The van der Waals surface area contributed by atoms with Crippen LogP contribution >= 0.6 is 0 Å². The minimum absolute atomic E-state index is 0.0367.